The number of nitrogens with one attached hydrogen (secondary N) is 1. The van der Waals surface area contributed by atoms with Gasteiger partial charge in [0.25, 0.3) is 0 Å². The molecule has 0 unspecified atom stereocenters. The highest BCUT2D eigenvalue weighted by Crippen LogP contribution is 2.49. The molecule has 1 heterocycles. The van der Waals surface area contributed by atoms with Gasteiger partial charge in [0.15, 0.2) is 0 Å². The molecule has 2 N–H and O–H groups in total. The minimum atomic E-state index is -0.979. The van der Waals surface area contributed by atoms with E-state index in [0.29, 0.717) is 18.4 Å². The van der Waals surface area contributed by atoms with Gasteiger partial charge in [-0.25, -0.2) is 9.18 Å². The second kappa shape index (κ2) is 5.53. The van der Waals surface area contributed by atoms with E-state index < -0.39 is 11.4 Å². The van der Waals surface area contributed by atoms with Gasteiger partial charge in [-0.1, -0.05) is 18.2 Å². The SMILES string of the molecule is O=C(O)c1ccc(CNC(=O)C2(c3ccccc3F)CC2)s1. The van der Waals surface area contributed by atoms with Gasteiger partial charge in [-0.2, -0.15) is 0 Å². The van der Waals surface area contributed by atoms with Crippen LogP contribution in [0.3, 0.4) is 0 Å². The van der Waals surface area contributed by atoms with E-state index in [0.717, 1.165) is 16.2 Å². The highest BCUT2D eigenvalue weighted by atomic mass is 32.1. The van der Waals surface area contributed by atoms with Crippen LogP contribution >= 0.6 is 11.3 Å². The van der Waals surface area contributed by atoms with Crippen molar-refractivity contribution in [2.75, 3.05) is 0 Å². The lowest BCUT2D eigenvalue weighted by Crippen LogP contribution is -2.34. The van der Waals surface area contributed by atoms with Crippen molar-refractivity contribution in [3.05, 3.63) is 57.5 Å². The number of hydrogen-bond donors (Lipinski definition) is 2. The molecule has 1 aliphatic rings. The topological polar surface area (TPSA) is 66.4 Å². The fraction of sp³-hybridized carbons (Fsp3) is 0.250. The Labute approximate surface area is 130 Å². The highest BCUT2D eigenvalue weighted by molar-refractivity contribution is 7.13. The maximum atomic E-state index is 13.9. The van der Waals surface area contributed by atoms with Gasteiger partial charge in [-0.15, -0.1) is 11.3 Å². The maximum absolute atomic E-state index is 13.9. The largest absolute Gasteiger partial charge is 0.477 e. The van der Waals surface area contributed by atoms with E-state index in [1.807, 2.05) is 0 Å². The Morgan fingerprint density at radius 2 is 1.95 bits per heavy atom. The fourth-order valence-corrected chi connectivity index (χ4v) is 3.30. The summed E-state index contributed by atoms with van der Waals surface area (Å²) in [6.07, 6.45) is 1.26. The summed E-state index contributed by atoms with van der Waals surface area (Å²) in [6.45, 7) is 0.257. The summed E-state index contributed by atoms with van der Waals surface area (Å²) in [6, 6.07) is 9.53. The average molecular weight is 319 g/mol. The number of carboxylic acids is 1. The van der Waals surface area contributed by atoms with E-state index in [4.69, 9.17) is 5.11 Å². The molecule has 0 bridgehead atoms. The summed E-state index contributed by atoms with van der Waals surface area (Å²) in [5, 5.41) is 11.7. The van der Waals surface area contributed by atoms with E-state index in [1.165, 1.54) is 12.1 Å². The summed E-state index contributed by atoms with van der Waals surface area (Å²) in [7, 11) is 0. The zero-order valence-corrected chi connectivity index (χ0v) is 12.5. The van der Waals surface area contributed by atoms with E-state index in [-0.39, 0.29) is 23.1 Å². The van der Waals surface area contributed by atoms with Crippen molar-refractivity contribution in [2.45, 2.75) is 24.8 Å². The molecule has 6 heteroatoms. The van der Waals surface area contributed by atoms with E-state index >= 15 is 0 Å². The second-order valence-electron chi connectivity index (χ2n) is 5.32. The van der Waals surface area contributed by atoms with Crippen molar-refractivity contribution >= 4 is 23.2 Å². The normalized spacial score (nSPS) is 15.3. The first kappa shape index (κ1) is 14.7. The molecule has 0 radical (unpaired) electrons. The lowest BCUT2D eigenvalue weighted by atomic mass is 9.94. The molecule has 1 fully saturated rings. The summed E-state index contributed by atoms with van der Waals surface area (Å²) in [5.74, 6) is -1.55. The molecular formula is C16H14FNO3S. The Hall–Kier alpha value is -2.21. The molecule has 0 saturated heterocycles. The monoisotopic (exact) mass is 319 g/mol. The van der Waals surface area contributed by atoms with E-state index in [2.05, 4.69) is 5.32 Å². The predicted molar refractivity (Wildman–Crippen MR) is 80.4 cm³/mol. The van der Waals surface area contributed by atoms with Crippen LogP contribution in [0.15, 0.2) is 36.4 Å². The molecule has 1 aromatic heterocycles. The molecule has 1 aliphatic carbocycles. The predicted octanol–water partition coefficient (Wildman–Crippen LogP) is 2.93. The minimum Gasteiger partial charge on any atom is -0.477 e. The van der Waals surface area contributed by atoms with Crippen molar-refractivity contribution < 1.29 is 19.1 Å². The van der Waals surface area contributed by atoms with Gasteiger partial charge in [0, 0.05) is 10.4 Å². The molecule has 22 heavy (non-hydrogen) atoms. The number of thiophene rings is 1. The van der Waals surface area contributed by atoms with Crippen molar-refractivity contribution in [1.82, 2.24) is 5.32 Å². The molecule has 4 nitrogen and oxygen atoms in total. The Kier molecular flexibility index (Phi) is 3.70. The Balaban J connectivity index is 1.69. The van der Waals surface area contributed by atoms with Gasteiger partial charge in [0.2, 0.25) is 5.91 Å². The van der Waals surface area contributed by atoms with E-state index in [1.54, 1.807) is 24.3 Å². The highest BCUT2D eigenvalue weighted by Gasteiger charge is 2.52. The molecule has 1 amide bonds. The van der Waals surface area contributed by atoms with Crippen LogP contribution in [0, 0.1) is 5.82 Å². The molecule has 0 spiro atoms. The number of benzene rings is 1. The lowest BCUT2D eigenvalue weighted by molar-refractivity contribution is -0.123. The Morgan fingerprint density at radius 3 is 2.55 bits per heavy atom. The molecule has 1 aromatic carbocycles. The Morgan fingerprint density at radius 1 is 1.23 bits per heavy atom. The summed E-state index contributed by atoms with van der Waals surface area (Å²) in [4.78, 5) is 24.2. The number of aromatic carboxylic acids is 1. The number of carboxylic acid groups (broad SMARTS) is 1. The smallest absolute Gasteiger partial charge is 0.345 e. The van der Waals surface area contributed by atoms with Crippen LogP contribution in [0.25, 0.3) is 0 Å². The number of carbonyl (C=O) groups is 2. The van der Waals surface area contributed by atoms with Gasteiger partial charge in [-0.05, 0) is 31.0 Å². The standard InChI is InChI=1S/C16H14FNO3S/c17-12-4-2-1-3-11(12)16(7-8-16)15(21)18-9-10-5-6-13(22-10)14(19)20/h1-6H,7-9H2,(H,18,21)(H,19,20). The maximum Gasteiger partial charge on any atom is 0.345 e. The molecular weight excluding hydrogens is 305 g/mol. The van der Waals surface area contributed by atoms with Crippen LogP contribution in [0.5, 0.6) is 0 Å². The zero-order chi connectivity index (χ0) is 15.7. The molecule has 3 rings (SSSR count). The number of hydrogen-bond acceptors (Lipinski definition) is 3. The third-order valence-electron chi connectivity index (χ3n) is 3.87. The first-order chi connectivity index (χ1) is 10.5. The molecule has 0 atom stereocenters. The second-order valence-corrected chi connectivity index (χ2v) is 6.48. The van der Waals surface area contributed by atoms with Gasteiger partial charge < -0.3 is 10.4 Å². The third kappa shape index (κ3) is 2.62. The quantitative estimate of drug-likeness (QED) is 0.890. The van der Waals surface area contributed by atoms with Crippen molar-refractivity contribution in [2.24, 2.45) is 0 Å². The fourth-order valence-electron chi connectivity index (χ4n) is 2.52. The van der Waals surface area contributed by atoms with E-state index in [9.17, 15) is 14.0 Å². The minimum absolute atomic E-state index is 0.206. The van der Waals surface area contributed by atoms with Crippen LogP contribution < -0.4 is 5.32 Å². The Bertz CT molecular complexity index is 736. The average Bonchev–Trinajstić information content (AvgIpc) is 3.16. The van der Waals surface area contributed by atoms with Crippen LogP contribution in [0.2, 0.25) is 0 Å². The number of carbonyl (C=O) groups excluding carboxylic acids is 1. The van der Waals surface area contributed by atoms with Gasteiger partial charge in [0.05, 0.1) is 12.0 Å². The van der Waals surface area contributed by atoms with Crippen LogP contribution in [-0.4, -0.2) is 17.0 Å². The van der Waals surface area contributed by atoms with Crippen molar-refractivity contribution in [1.29, 1.82) is 0 Å². The van der Waals surface area contributed by atoms with Crippen LogP contribution in [0.4, 0.5) is 4.39 Å². The summed E-state index contributed by atoms with van der Waals surface area (Å²) in [5.41, 5.74) is -0.331. The summed E-state index contributed by atoms with van der Waals surface area (Å²) < 4.78 is 13.9. The van der Waals surface area contributed by atoms with Gasteiger partial charge in [0.1, 0.15) is 10.7 Å². The van der Waals surface area contributed by atoms with Crippen molar-refractivity contribution in [3.63, 3.8) is 0 Å². The zero-order valence-electron chi connectivity index (χ0n) is 11.6. The van der Waals surface area contributed by atoms with Crippen LogP contribution in [0.1, 0.15) is 33.0 Å². The first-order valence-corrected chi connectivity index (χ1v) is 7.70. The van der Waals surface area contributed by atoms with Gasteiger partial charge >= 0.3 is 5.97 Å². The molecule has 114 valence electrons. The first-order valence-electron chi connectivity index (χ1n) is 6.88. The van der Waals surface area contributed by atoms with Crippen LogP contribution in [-0.2, 0) is 16.8 Å². The summed E-state index contributed by atoms with van der Waals surface area (Å²) >= 11 is 1.12. The molecule has 1 saturated carbocycles. The molecule has 0 aliphatic heterocycles. The number of halogens is 1. The number of amides is 1. The number of rotatable bonds is 5. The third-order valence-corrected chi connectivity index (χ3v) is 4.94. The lowest BCUT2D eigenvalue weighted by Gasteiger charge is -2.16. The van der Waals surface area contributed by atoms with Gasteiger partial charge in [-0.3, -0.25) is 4.79 Å². The molecule has 2 aromatic rings. The van der Waals surface area contributed by atoms with Crippen molar-refractivity contribution in [3.8, 4) is 0 Å².